The number of benzene rings is 2. The molecule has 0 aliphatic carbocycles. The Morgan fingerprint density at radius 1 is 1.07 bits per heavy atom. The van der Waals surface area contributed by atoms with Crippen LogP contribution in [0.4, 0.5) is 4.79 Å². The topological polar surface area (TPSA) is 49.9 Å². The zero-order valence-corrected chi connectivity index (χ0v) is 15.8. The number of rotatable bonds is 2. The molecule has 2 aliphatic heterocycles. The van der Waals surface area contributed by atoms with Gasteiger partial charge in [0.05, 0.1) is 6.54 Å². The second-order valence-electron chi connectivity index (χ2n) is 7.61. The van der Waals surface area contributed by atoms with E-state index >= 15 is 0 Å². The van der Waals surface area contributed by atoms with Crippen molar-refractivity contribution in [3.63, 3.8) is 0 Å². The number of carbonyl (C=O) groups is 2. The van der Waals surface area contributed by atoms with Crippen LogP contribution >= 0.6 is 0 Å². The number of ether oxygens (including phenoxy) is 1. The number of hydrogen-bond donors (Lipinski definition) is 0. The quantitative estimate of drug-likeness (QED) is 0.816. The van der Waals surface area contributed by atoms with Gasteiger partial charge in [-0.3, -0.25) is 4.79 Å². The van der Waals surface area contributed by atoms with Crippen LogP contribution in [0.15, 0.2) is 48.5 Å². The Hall–Kier alpha value is -2.82. The molecule has 0 N–H and O–H groups in total. The maximum atomic E-state index is 13.2. The predicted octanol–water partition coefficient (Wildman–Crippen LogP) is 3.72. The molecule has 5 heteroatoms. The summed E-state index contributed by atoms with van der Waals surface area (Å²) in [6, 6.07) is 16.0. The van der Waals surface area contributed by atoms with Crippen LogP contribution < -0.4 is 0 Å². The van der Waals surface area contributed by atoms with Crippen molar-refractivity contribution in [1.82, 2.24) is 9.80 Å². The third kappa shape index (κ3) is 3.29. The summed E-state index contributed by atoms with van der Waals surface area (Å²) in [6.45, 7) is 3.86. The number of carbonyl (C=O) groups excluding carboxylic acids is 2. The Labute approximate surface area is 159 Å². The van der Waals surface area contributed by atoms with Crippen LogP contribution in [0.1, 0.15) is 28.8 Å². The molecule has 0 atom stereocenters. The first-order valence-electron chi connectivity index (χ1n) is 9.37. The summed E-state index contributed by atoms with van der Waals surface area (Å²) in [5.41, 5.74) is 3.47. The van der Waals surface area contributed by atoms with Gasteiger partial charge in [0, 0.05) is 38.5 Å². The van der Waals surface area contributed by atoms with Crippen molar-refractivity contribution in [2.45, 2.75) is 25.4 Å². The van der Waals surface area contributed by atoms with E-state index < -0.39 is 5.60 Å². The second kappa shape index (κ2) is 6.72. The zero-order chi connectivity index (χ0) is 19.0. The van der Waals surface area contributed by atoms with Gasteiger partial charge in [0.25, 0.3) is 5.91 Å². The second-order valence-corrected chi connectivity index (χ2v) is 7.61. The summed E-state index contributed by atoms with van der Waals surface area (Å²) in [5, 5.41) is 0. The molecule has 140 valence electrons. The van der Waals surface area contributed by atoms with Crippen molar-refractivity contribution < 1.29 is 14.3 Å². The molecule has 27 heavy (non-hydrogen) atoms. The first-order valence-corrected chi connectivity index (χ1v) is 9.37. The number of hydrogen-bond acceptors (Lipinski definition) is 3. The van der Waals surface area contributed by atoms with E-state index in [9.17, 15) is 9.59 Å². The maximum Gasteiger partial charge on any atom is 0.410 e. The lowest BCUT2D eigenvalue weighted by atomic mass is 9.90. The Morgan fingerprint density at radius 2 is 1.81 bits per heavy atom. The molecule has 0 bridgehead atoms. The Bertz CT molecular complexity index is 885. The van der Waals surface area contributed by atoms with Crippen molar-refractivity contribution in [3.8, 4) is 11.1 Å². The minimum atomic E-state index is -0.432. The summed E-state index contributed by atoms with van der Waals surface area (Å²) in [4.78, 5) is 28.5. The highest BCUT2D eigenvalue weighted by molar-refractivity contribution is 6.01. The number of aryl methyl sites for hydroxylation is 1. The summed E-state index contributed by atoms with van der Waals surface area (Å²) in [5.74, 6) is 0.0413. The lowest BCUT2D eigenvalue weighted by molar-refractivity contribution is 0.00320. The molecule has 2 fully saturated rings. The monoisotopic (exact) mass is 364 g/mol. The summed E-state index contributed by atoms with van der Waals surface area (Å²) in [6.07, 6.45) is 1.10. The molecule has 0 aromatic heterocycles. The molecule has 2 aliphatic rings. The van der Waals surface area contributed by atoms with Gasteiger partial charge in [-0.1, -0.05) is 48.0 Å². The molecule has 2 aromatic carbocycles. The Kier molecular flexibility index (Phi) is 4.38. The van der Waals surface area contributed by atoms with E-state index in [0.29, 0.717) is 32.5 Å². The minimum Gasteiger partial charge on any atom is -0.441 e. The van der Waals surface area contributed by atoms with Crippen LogP contribution in [0.25, 0.3) is 11.1 Å². The van der Waals surface area contributed by atoms with Crippen LogP contribution in [-0.4, -0.2) is 54.1 Å². The summed E-state index contributed by atoms with van der Waals surface area (Å²) < 4.78 is 5.59. The van der Waals surface area contributed by atoms with E-state index in [4.69, 9.17) is 4.74 Å². The lowest BCUT2D eigenvalue weighted by Crippen LogP contribution is -2.48. The molecule has 4 rings (SSSR count). The third-order valence-electron chi connectivity index (χ3n) is 5.59. The highest BCUT2D eigenvalue weighted by Gasteiger charge is 2.46. The molecule has 2 aromatic rings. The Balaban J connectivity index is 1.54. The number of piperidine rings is 1. The summed E-state index contributed by atoms with van der Waals surface area (Å²) >= 11 is 0. The highest BCUT2D eigenvalue weighted by atomic mass is 16.6. The van der Waals surface area contributed by atoms with Crippen molar-refractivity contribution in [3.05, 3.63) is 59.7 Å². The van der Waals surface area contributed by atoms with Crippen molar-refractivity contribution >= 4 is 12.0 Å². The van der Waals surface area contributed by atoms with Gasteiger partial charge in [-0.25, -0.2) is 4.79 Å². The van der Waals surface area contributed by atoms with Crippen molar-refractivity contribution in [2.24, 2.45) is 0 Å². The average Bonchev–Trinajstić information content (AvgIpc) is 2.95. The smallest absolute Gasteiger partial charge is 0.410 e. The minimum absolute atomic E-state index is 0.0413. The van der Waals surface area contributed by atoms with E-state index in [2.05, 4.69) is 19.1 Å². The first-order chi connectivity index (χ1) is 13.0. The van der Waals surface area contributed by atoms with E-state index in [0.717, 1.165) is 16.7 Å². The van der Waals surface area contributed by atoms with E-state index in [1.54, 1.807) is 11.9 Å². The lowest BCUT2D eigenvalue weighted by Gasteiger charge is -2.37. The van der Waals surface area contributed by atoms with Crippen LogP contribution in [-0.2, 0) is 4.74 Å². The van der Waals surface area contributed by atoms with Gasteiger partial charge < -0.3 is 14.5 Å². The molecule has 5 nitrogen and oxygen atoms in total. The molecule has 0 radical (unpaired) electrons. The van der Waals surface area contributed by atoms with E-state index in [-0.39, 0.29) is 12.0 Å². The van der Waals surface area contributed by atoms with Crippen molar-refractivity contribution in [1.29, 1.82) is 0 Å². The van der Waals surface area contributed by atoms with E-state index in [1.165, 1.54) is 5.56 Å². The van der Waals surface area contributed by atoms with Crippen molar-refractivity contribution in [2.75, 3.05) is 26.7 Å². The average molecular weight is 364 g/mol. The van der Waals surface area contributed by atoms with Gasteiger partial charge in [0.1, 0.15) is 5.60 Å². The van der Waals surface area contributed by atoms with E-state index in [1.807, 2.05) is 41.3 Å². The molecule has 2 saturated heterocycles. The number of nitrogens with zero attached hydrogens (tertiary/aromatic N) is 2. The fraction of sp³-hybridized carbons (Fsp3) is 0.364. The molecular formula is C22H24N2O3. The molecule has 2 amide bonds. The van der Waals surface area contributed by atoms with Crippen LogP contribution in [0.3, 0.4) is 0 Å². The standard InChI is InChI=1S/C22H24N2O3/c1-16-6-5-7-17(14-16)18-8-3-4-9-19(18)20(25)24-12-10-22(11-13-24)15-23(2)21(26)27-22/h3-9,14H,10-13,15H2,1-2H3. The summed E-state index contributed by atoms with van der Waals surface area (Å²) in [7, 11) is 1.76. The van der Waals surface area contributed by atoms with Crippen LogP contribution in [0.2, 0.25) is 0 Å². The van der Waals surface area contributed by atoms with Crippen LogP contribution in [0.5, 0.6) is 0 Å². The van der Waals surface area contributed by atoms with Gasteiger partial charge in [-0.2, -0.15) is 0 Å². The highest BCUT2D eigenvalue weighted by Crippen LogP contribution is 2.34. The SMILES string of the molecule is Cc1cccc(-c2ccccc2C(=O)N2CCC3(CC2)CN(C)C(=O)O3)c1. The number of likely N-dealkylation sites (tertiary alicyclic amines) is 1. The van der Waals surface area contributed by atoms with Gasteiger partial charge in [0.15, 0.2) is 0 Å². The first kappa shape index (κ1) is 17.6. The molecule has 1 spiro atoms. The molecule has 0 saturated carbocycles. The molecule has 2 heterocycles. The van der Waals surface area contributed by atoms with Gasteiger partial charge in [0.2, 0.25) is 0 Å². The van der Waals surface area contributed by atoms with Gasteiger partial charge in [-0.15, -0.1) is 0 Å². The third-order valence-corrected chi connectivity index (χ3v) is 5.59. The Morgan fingerprint density at radius 3 is 2.48 bits per heavy atom. The fourth-order valence-corrected chi connectivity index (χ4v) is 4.07. The van der Waals surface area contributed by atoms with Gasteiger partial charge >= 0.3 is 6.09 Å². The zero-order valence-electron chi connectivity index (χ0n) is 15.8. The largest absolute Gasteiger partial charge is 0.441 e. The number of amides is 2. The predicted molar refractivity (Wildman–Crippen MR) is 104 cm³/mol. The fourth-order valence-electron chi connectivity index (χ4n) is 4.07. The van der Waals surface area contributed by atoms with Crippen LogP contribution in [0, 0.1) is 6.92 Å². The molecular weight excluding hydrogens is 340 g/mol. The molecule has 0 unspecified atom stereocenters. The normalized spacial score (nSPS) is 18.7. The van der Waals surface area contributed by atoms with Gasteiger partial charge in [-0.05, 0) is 24.1 Å². The number of likely N-dealkylation sites (N-methyl/N-ethyl adjacent to an activating group) is 1. The maximum absolute atomic E-state index is 13.2.